The van der Waals surface area contributed by atoms with E-state index in [9.17, 15) is 61.2 Å². The number of nitrogens with zero attached hydrogens (tertiary/aromatic N) is 5. The molecule has 3 aliphatic heterocycles. The van der Waals surface area contributed by atoms with Crippen LogP contribution in [0.1, 0.15) is 113 Å². The van der Waals surface area contributed by atoms with Gasteiger partial charge in [0, 0.05) is 65.3 Å². The van der Waals surface area contributed by atoms with E-state index >= 15 is 0 Å². The van der Waals surface area contributed by atoms with E-state index in [1.807, 2.05) is 80.4 Å². The van der Waals surface area contributed by atoms with Crippen molar-refractivity contribution in [3.8, 4) is 11.4 Å². The minimum atomic E-state index is -4.19. The summed E-state index contributed by atoms with van der Waals surface area (Å²) in [6, 6.07) is 20.8. The highest BCUT2D eigenvalue weighted by atomic mass is 35.5. The van der Waals surface area contributed by atoms with Crippen molar-refractivity contribution in [2.24, 2.45) is 5.92 Å². The van der Waals surface area contributed by atoms with Crippen LogP contribution in [-0.2, 0) is 102 Å². The zero-order valence-corrected chi connectivity index (χ0v) is 71.4. The smallest absolute Gasteiger partial charge is 0.355 e. The monoisotopic (exact) mass is 1710 g/mol. The molecule has 9 amide bonds. The van der Waals surface area contributed by atoms with E-state index in [1.165, 1.54) is 35.2 Å². The molecule has 0 aliphatic carbocycles. The fourth-order valence-corrected chi connectivity index (χ4v) is 14.6. The average Bonchev–Trinajstić information content (AvgIpc) is 1.61. The van der Waals surface area contributed by atoms with Crippen LogP contribution in [0.2, 0.25) is 0 Å². The Morgan fingerprint density at radius 3 is 1.89 bits per heavy atom. The number of likely N-dealkylation sites (tertiary alicyclic amines) is 1. The molecule has 1 fully saturated rings. The fourth-order valence-electron chi connectivity index (χ4n) is 13.5. The number of sulfonamides is 1. The predicted octanol–water partition coefficient (Wildman–Crippen LogP) is 0.553. The number of carbonyl (C=O) groups excluding carboxylic acids is 10. The number of likely N-dealkylation sites (N-methyl/N-ethyl adjacent to an activating group) is 2. The van der Waals surface area contributed by atoms with Crippen molar-refractivity contribution >= 4 is 103 Å². The average molecular weight is 1710 g/mol. The van der Waals surface area contributed by atoms with Gasteiger partial charge < -0.3 is 119 Å². The molecule has 4 aromatic carbocycles. The van der Waals surface area contributed by atoms with Crippen molar-refractivity contribution in [3.63, 3.8) is 0 Å². The van der Waals surface area contributed by atoms with Crippen LogP contribution < -0.4 is 77.6 Å². The number of urea groups is 3. The highest BCUT2D eigenvalue weighted by molar-refractivity contribution is 7.92. The first kappa shape index (κ1) is 95.6. The van der Waals surface area contributed by atoms with Crippen LogP contribution in [-0.4, -0.2) is 238 Å². The molecule has 34 nitrogen and oxygen atoms in total. The molecule has 0 saturated carbocycles. The van der Waals surface area contributed by atoms with Crippen LogP contribution >= 0.6 is 0 Å². The number of amides is 9. The lowest BCUT2D eigenvalue weighted by Crippen LogP contribution is -3.00. The standard InChI is InChI=1S/C82H108N14O20S.2ClH/c1-12-32-83-79(105)87-56-21-18-23-58(46-56)117(108,109)92-57-22-17-20-53(45-57)65(48-70(98)113-39-35-95(6,7)8)90-81(107)86-55-29-27-54(28-30-55)85-80(106)84-33-38-111-42-44-112-43-41-110-37-31-69(97)88-66(49-71(99)114-40-36-96(9,10)11)76(102)93-34-19-26-67(93)74(100)91-72(52(4)5)77(103)116-82(14-3)63-47-68-73-61(50-94(68)75(101)62(63)51-115-78(82)104)59(13-2)60-24-15-16-25-64(60)89-73;;/h15-18,20-25,27-30,45-47,52,65-67,72,92H,12-14,19,26,31-44,48-51H2,1-11H3,(H6-2,83,84,85,86,87,88,89,90,91,97,100,101,105,106,107);2*1H/t65-,66+,67+,72+,82+;;/m1../s1. The van der Waals surface area contributed by atoms with E-state index in [1.54, 1.807) is 73.9 Å². The number of ether oxygens (including phenoxy) is 7. The molecule has 0 radical (unpaired) electrons. The Morgan fingerprint density at radius 2 is 1.25 bits per heavy atom. The van der Waals surface area contributed by atoms with Crippen LogP contribution in [0, 0.1) is 5.92 Å². The summed E-state index contributed by atoms with van der Waals surface area (Å²) >= 11 is 0. The Bertz CT molecular complexity index is 4770. The van der Waals surface area contributed by atoms with E-state index in [-0.39, 0.29) is 157 Å². The van der Waals surface area contributed by atoms with Crippen molar-refractivity contribution < 1.29 is 123 Å². The zero-order valence-electron chi connectivity index (χ0n) is 69.0. The van der Waals surface area contributed by atoms with Gasteiger partial charge in [0.1, 0.15) is 51.0 Å². The van der Waals surface area contributed by atoms with Gasteiger partial charge in [0.15, 0.2) is 0 Å². The summed E-state index contributed by atoms with van der Waals surface area (Å²) in [7, 11) is 7.39. The first-order chi connectivity index (χ1) is 55.7. The number of halogens is 2. The molecular weight excluding hydrogens is 1600 g/mol. The summed E-state index contributed by atoms with van der Waals surface area (Å²) < 4.78 is 72.1. The van der Waals surface area contributed by atoms with Crippen LogP contribution in [0.15, 0.2) is 113 Å². The zero-order chi connectivity index (χ0) is 84.8. The molecule has 9 N–H and O–H groups in total. The van der Waals surface area contributed by atoms with Crippen LogP contribution in [0.5, 0.6) is 0 Å². The molecule has 37 heteroatoms. The second kappa shape index (κ2) is 44.0. The first-order valence-electron chi connectivity index (χ1n) is 39.3. The van der Waals surface area contributed by atoms with Crippen molar-refractivity contribution in [1.29, 1.82) is 0 Å². The maximum absolute atomic E-state index is 14.6. The number of hydrogen-bond donors (Lipinski definition) is 9. The predicted molar refractivity (Wildman–Crippen MR) is 435 cm³/mol. The number of rotatable bonds is 41. The van der Waals surface area contributed by atoms with E-state index in [2.05, 4.69) is 47.3 Å². The Hall–Kier alpha value is -10.5. The summed E-state index contributed by atoms with van der Waals surface area (Å²) in [5, 5.41) is 22.6. The van der Waals surface area contributed by atoms with Gasteiger partial charge in [-0.15, -0.1) is 0 Å². The topological polar surface area (TPSA) is 416 Å². The maximum Gasteiger partial charge on any atom is 0.355 e. The van der Waals surface area contributed by atoms with Gasteiger partial charge in [-0.3, -0.25) is 33.5 Å². The number of fused-ring (bicyclic) bond motifs is 5. The third-order valence-electron chi connectivity index (χ3n) is 19.7. The van der Waals surface area contributed by atoms with Gasteiger partial charge in [-0.2, -0.15) is 0 Å². The number of para-hydroxylation sites is 1. The largest absolute Gasteiger partial charge is 1.00 e. The van der Waals surface area contributed by atoms with Crippen molar-refractivity contribution in [1.82, 2.24) is 41.0 Å². The summed E-state index contributed by atoms with van der Waals surface area (Å²) in [4.78, 5) is 157. The number of benzene rings is 4. The van der Waals surface area contributed by atoms with Gasteiger partial charge in [0.05, 0.1) is 135 Å². The summed E-state index contributed by atoms with van der Waals surface area (Å²) in [6.45, 7) is 11.2. The fraction of sp³-hybridized carbons (Fsp3) is 0.488. The van der Waals surface area contributed by atoms with E-state index in [4.69, 9.17) is 38.1 Å². The van der Waals surface area contributed by atoms with Crippen molar-refractivity contribution in [3.05, 3.63) is 141 Å². The number of aryl methyl sites for hydroxylation is 1. The quantitative estimate of drug-likeness (QED) is 0.0109. The van der Waals surface area contributed by atoms with Crippen LogP contribution in [0.25, 0.3) is 22.3 Å². The molecule has 648 valence electrons. The molecule has 0 spiro atoms. The molecule has 9 rings (SSSR count). The van der Waals surface area contributed by atoms with Crippen molar-refractivity contribution in [2.75, 3.05) is 149 Å². The van der Waals surface area contributed by atoms with E-state index < -0.39 is 117 Å². The minimum Gasteiger partial charge on any atom is -1.00 e. The Kier molecular flexibility index (Phi) is 35.3. The van der Waals surface area contributed by atoms with Gasteiger partial charge in [-0.05, 0) is 116 Å². The molecule has 0 unspecified atom stereocenters. The van der Waals surface area contributed by atoms with Crippen molar-refractivity contribution in [2.45, 2.75) is 134 Å². The molecule has 5 heterocycles. The van der Waals surface area contributed by atoms with E-state index in [0.717, 1.165) is 22.0 Å². The third-order valence-corrected chi connectivity index (χ3v) is 21.1. The highest BCUT2D eigenvalue weighted by Crippen LogP contribution is 2.43. The first-order valence-corrected chi connectivity index (χ1v) is 40.8. The molecule has 3 aliphatic rings. The highest BCUT2D eigenvalue weighted by Gasteiger charge is 2.52. The number of aromatic nitrogens is 2. The Balaban J connectivity index is 0.00000977. The number of quaternary nitrogens is 2. The second-order valence-corrected chi connectivity index (χ2v) is 32.7. The number of carbonyl (C=O) groups is 10. The second-order valence-electron chi connectivity index (χ2n) is 31.0. The lowest BCUT2D eigenvalue weighted by atomic mass is 9.85. The molecule has 2 aromatic heterocycles. The molecular formula is C82H110Cl2N14O20S. The third kappa shape index (κ3) is 26.7. The molecule has 6 aromatic rings. The molecule has 119 heavy (non-hydrogen) atoms. The SMILES string of the molecule is CCCNC(=O)Nc1cccc(S(=O)(=O)Nc2cccc([C@@H](CC(=O)OCC[N+](C)(C)C)NC(=O)Nc3ccc(NC(=O)NCCOCCOCCOCCC(=O)N[C@@H](CC(=O)OCC[N+](C)(C)C)C(=O)N4CCC[C@H]4C(=O)N[C@H](C(=O)O[C@]4(CC)C(=O)OCc5c4cc4n(c5=O)Cc5c-4nc4ccccc4c5CC)C(C)C)cc3)c2)c1.[Cl-].[Cl-]. The molecule has 0 bridgehead atoms. The van der Waals surface area contributed by atoms with Crippen LogP contribution in [0.4, 0.5) is 37.1 Å². The van der Waals surface area contributed by atoms with Gasteiger partial charge in [0.2, 0.25) is 23.3 Å². The van der Waals surface area contributed by atoms with Gasteiger partial charge in [0.25, 0.3) is 15.6 Å². The number of hydrogen-bond acceptors (Lipinski definition) is 21. The van der Waals surface area contributed by atoms with Gasteiger partial charge in [-0.25, -0.2) is 37.4 Å². The molecule has 5 atom stereocenters. The maximum atomic E-state index is 14.6. The number of nitrogens with one attached hydrogen (secondary N) is 9. The summed E-state index contributed by atoms with van der Waals surface area (Å²) in [5.41, 5.74) is 3.01. The summed E-state index contributed by atoms with van der Waals surface area (Å²) in [6.07, 6.45) is 0.711. The number of pyridine rings is 2. The Labute approximate surface area is 705 Å². The van der Waals surface area contributed by atoms with Crippen LogP contribution in [0.3, 0.4) is 0 Å². The molecule has 1 saturated heterocycles. The minimum absolute atomic E-state index is 0. The van der Waals surface area contributed by atoms with Gasteiger partial charge >= 0.3 is 42.0 Å². The number of esters is 4. The van der Waals surface area contributed by atoms with Gasteiger partial charge in [-0.1, -0.05) is 71.0 Å². The Morgan fingerprint density at radius 1 is 0.647 bits per heavy atom. The van der Waals surface area contributed by atoms with E-state index in [0.29, 0.717) is 76.2 Å². The lowest BCUT2D eigenvalue weighted by molar-refractivity contribution is -0.870. The lowest BCUT2D eigenvalue weighted by Gasteiger charge is -2.37. The normalized spacial score (nSPS) is 15.5. The number of anilines is 4. The number of cyclic esters (lactones) is 1. The summed E-state index contributed by atoms with van der Waals surface area (Å²) in [5.74, 6) is -5.94.